The summed E-state index contributed by atoms with van der Waals surface area (Å²) in [6.07, 6.45) is 0.851. The second kappa shape index (κ2) is 5.38. The molecule has 0 N–H and O–H groups in total. The van der Waals surface area contributed by atoms with Crippen LogP contribution in [-0.2, 0) is 9.47 Å². The number of hydrogen-bond acceptors (Lipinski definition) is 4. The Morgan fingerprint density at radius 2 is 1.94 bits per heavy atom. The maximum Gasteiger partial charge on any atom is 0.184 e. The minimum Gasteiger partial charge on any atom is -0.493 e. The molecule has 1 aliphatic rings. The van der Waals surface area contributed by atoms with Gasteiger partial charge in [0, 0.05) is 5.56 Å². The van der Waals surface area contributed by atoms with Crippen LogP contribution in [-0.4, -0.2) is 26.9 Å². The lowest BCUT2D eigenvalue weighted by Gasteiger charge is -2.28. The summed E-state index contributed by atoms with van der Waals surface area (Å²) in [5.74, 6) is 1.40. The lowest BCUT2D eigenvalue weighted by atomic mass is 10.1. The van der Waals surface area contributed by atoms with Crippen LogP contribution in [0.3, 0.4) is 0 Å². The van der Waals surface area contributed by atoms with E-state index in [-0.39, 0.29) is 12.4 Å². The molecule has 1 aromatic carbocycles. The molecule has 0 radical (unpaired) electrons. The maximum atomic E-state index is 5.73. The first kappa shape index (κ1) is 12.2. The first-order valence-corrected chi connectivity index (χ1v) is 5.73. The predicted molar refractivity (Wildman–Crippen MR) is 63.4 cm³/mol. The van der Waals surface area contributed by atoms with Gasteiger partial charge < -0.3 is 18.9 Å². The highest BCUT2D eigenvalue weighted by atomic mass is 16.7. The molecule has 1 aliphatic heterocycles. The van der Waals surface area contributed by atoms with Crippen LogP contribution in [0.4, 0.5) is 0 Å². The first-order valence-electron chi connectivity index (χ1n) is 5.73. The second-order valence-corrected chi connectivity index (χ2v) is 4.05. The van der Waals surface area contributed by atoms with Gasteiger partial charge in [0.15, 0.2) is 17.8 Å². The van der Waals surface area contributed by atoms with Crippen LogP contribution in [0, 0.1) is 0 Å². The third kappa shape index (κ3) is 2.70. The Balaban J connectivity index is 2.20. The van der Waals surface area contributed by atoms with Gasteiger partial charge in [-0.2, -0.15) is 0 Å². The molecule has 0 unspecified atom stereocenters. The van der Waals surface area contributed by atoms with Crippen molar-refractivity contribution in [2.45, 2.75) is 25.7 Å². The average Bonchev–Trinajstić information content (AvgIpc) is 2.38. The quantitative estimate of drug-likeness (QED) is 0.810. The van der Waals surface area contributed by atoms with Crippen LogP contribution in [0.25, 0.3) is 0 Å². The van der Waals surface area contributed by atoms with Crippen molar-refractivity contribution in [2.75, 3.05) is 20.8 Å². The molecule has 0 amide bonds. The van der Waals surface area contributed by atoms with Gasteiger partial charge in [-0.05, 0) is 25.5 Å². The van der Waals surface area contributed by atoms with Crippen LogP contribution in [0.15, 0.2) is 18.2 Å². The van der Waals surface area contributed by atoms with E-state index >= 15 is 0 Å². The molecule has 2 atom stereocenters. The van der Waals surface area contributed by atoms with Crippen molar-refractivity contribution < 1.29 is 18.9 Å². The summed E-state index contributed by atoms with van der Waals surface area (Å²) in [5.41, 5.74) is 0.953. The molecule has 0 spiro atoms. The van der Waals surface area contributed by atoms with E-state index in [1.807, 2.05) is 18.2 Å². The van der Waals surface area contributed by atoms with Gasteiger partial charge in [-0.1, -0.05) is 6.07 Å². The molecule has 17 heavy (non-hydrogen) atoms. The molecule has 1 heterocycles. The summed E-state index contributed by atoms with van der Waals surface area (Å²) < 4.78 is 21.8. The minimum atomic E-state index is -0.307. The Bertz CT molecular complexity index is 378. The van der Waals surface area contributed by atoms with Crippen LogP contribution < -0.4 is 9.47 Å². The van der Waals surface area contributed by atoms with Gasteiger partial charge in [-0.3, -0.25) is 0 Å². The molecule has 94 valence electrons. The van der Waals surface area contributed by atoms with Crippen LogP contribution >= 0.6 is 0 Å². The molecule has 2 rings (SSSR count). The van der Waals surface area contributed by atoms with E-state index in [0.717, 1.165) is 18.6 Å². The van der Waals surface area contributed by atoms with Crippen molar-refractivity contribution in [3.8, 4) is 11.5 Å². The summed E-state index contributed by atoms with van der Waals surface area (Å²) in [4.78, 5) is 0. The molecule has 0 bridgehead atoms. The Hall–Kier alpha value is -1.26. The molecule has 0 aliphatic carbocycles. The van der Waals surface area contributed by atoms with Gasteiger partial charge in [0.05, 0.1) is 26.9 Å². The van der Waals surface area contributed by atoms with Crippen molar-refractivity contribution in [2.24, 2.45) is 0 Å². The summed E-state index contributed by atoms with van der Waals surface area (Å²) in [5, 5.41) is 0. The van der Waals surface area contributed by atoms with Crippen molar-refractivity contribution in [1.82, 2.24) is 0 Å². The predicted octanol–water partition coefficient (Wildman–Crippen LogP) is 2.53. The van der Waals surface area contributed by atoms with Crippen LogP contribution in [0.5, 0.6) is 11.5 Å². The Morgan fingerprint density at radius 1 is 1.18 bits per heavy atom. The van der Waals surface area contributed by atoms with Crippen LogP contribution in [0.1, 0.15) is 25.2 Å². The second-order valence-electron chi connectivity index (χ2n) is 4.05. The lowest BCUT2D eigenvalue weighted by Crippen LogP contribution is -2.24. The van der Waals surface area contributed by atoms with E-state index < -0.39 is 0 Å². The van der Waals surface area contributed by atoms with E-state index in [1.165, 1.54) is 0 Å². The van der Waals surface area contributed by atoms with Gasteiger partial charge in [-0.15, -0.1) is 0 Å². The standard InChI is InChI=1S/C13H18O4/c1-9-6-7-16-13(17-9)10-4-5-11(14-2)12(8-10)15-3/h4-5,8-9,13H,6-7H2,1-3H3/t9-,13+/m1/s1. The fourth-order valence-electron chi connectivity index (χ4n) is 1.83. The zero-order valence-corrected chi connectivity index (χ0v) is 10.4. The molecular weight excluding hydrogens is 220 g/mol. The largest absolute Gasteiger partial charge is 0.493 e. The minimum absolute atomic E-state index is 0.224. The molecule has 4 heteroatoms. The highest BCUT2D eigenvalue weighted by Crippen LogP contribution is 2.33. The third-order valence-electron chi connectivity index (χ3n) is 2.83. The topological polar surface area (TPSA) is 36.9 Å². The summed E-state index contributed by atoms with van der Waals surface area (Å²) in [6.45, 7) is 2.77. The smallest absolute Gasteiger partial charge is 0.184 e. The van der Waals surface area contributed by atoms with Gasteiger partial charge in [0.1, 0.15) is 0 Å². The molecule has 1 fully saturated rings. The Labute approximate surface area is 101 Å². The maximum absolute atomic E-state index is 5.73. The lowest BCUT2D eigenvalue weighted by molar-refractivity contribution is -0.212. The molecule has 1 aromatic rings. The first-order chi connectivity index (χ1) is 8.24. The molecule has 1 saturated heterocycles. The van der Waals surface area contributed by atoms with Gasteiger partial charge in [-0.25, -0.2) is 0 Å². The van der Waals surface area contributed by atoms with Gasteiger partial charge >= 0.3 is 0 Å². The number of hydrogen-bond donors (Lipinski definition) is 0. The van der Waals surface area contributed by atoms with E-state index in [2.05, 4.69) is 6.92 Å². The van der Waals surface area contributed by atoms with Crippen LogP contribution in [0.2, 0.25) is 0 Å². The Kier molecular flexibility index (Phi) is 3.86. The third-order valence-corrected chi connectivity index (χ3v) is 2.83. The molecule has 0 aromatic heterocycles. The van der Waals surface area contributed by atoms with Crippen molar-refractivity contribution >= 4 is 0 Å². The Morgan fingerprint density at radius 3 is 2.59 bits per heavy atom. The van der Waals surface area contributed by atoms with Gasteiger partial charge in [0.2, 0.25) is 0 Å². The highest BCUT2D eigenvalue weighted by Gasteiger charge is 2.22. The van der Waals surface area contributed by atoms with E-state index in [4.69, 9.17) is 18.9 Å². The number of methoxy groups -OCH3 is 2. The van der Waals surface area contributed by atoms with Gasteiger partial charge in [0.25, 0.3) is 0 Å². The van der Waals surface area contributed by atoms with Crippen molar-refractivity contribution in [3.63, 3.8) is 0 Å². The molecule has 0 saturated carbocycles. The summed E-state index contributed by atoms with van der Waals surface area (Å²) >= 11 is 0. The van der Waals surface area contributed by atoms with E-state index in [9.17, 15) is 0 Å². The highest BCUT2D eigenvalue weighted by molar-refractivity contribution is 5.43. The monoisotopic (exact) mass is 238 g/mol. The van der Waals surface area contributed by atoms with Crippen molar-refractivity contribution in [1.29, 1.82) is 0 Å². The summed E-state index contributed by atoms with van der Waals surface area (Å²) in [6, 6.07) is 5.69. The number of benzene rings is 1. The number of ether oxygens (including phenoxy) is 4. The fraction of sp³-hybridized carbons (Fsp3) is 0.538. The summed E-state index contributed by atoms with van der Waals surface area (Å²) in [7, 11) is 3.24. The zero-order valence-electron chi connectivity index (χ0n) is 10.4. The average molecular weight is 238 g/mol. The van der Waals surface area contributed by atoms with E-state index in [1.54, 1.807) is 14.2 Å². The number of rotatable bonds is 3. The fourth-order valence-corrected chi connectivity index (χ4v) is 1.83. The zero-order chi connectivity index (χ0) is 12.3. The SMILES string of the molecule is COc1ccc([C@H]2OCC[C@@H](C)O2)cc1OC. The normalized spacial score (nSPS) is 24.4. The molecule has 4 nitrogen and oxygen atoms in total. The van der Waals surface area contributed by atoms with Crippen molar-refractivity contribution in [3.05, 3.63) is 23.8 Å². The molecular formula is C13H18O4. The van der Waals surface area contributed by atoms with E-state index in [0.29, 0.717) is 11.5 Å².